The number of methoxy groups -OCH3 is 7. The first-order valence-electron chi connectivity index (χ1n) is 22.6. The quantitative estimate of drug-likeness (QED) is 0.0396. The summed E-state index contributed by atoms with van der Waals surface area (Å²) in [5.74, 6) is 3.17. The van der Waals surface area contributed by atoms with Crippen molar-refractivity contribution in [2.45, 2.75) is 57.4 Å². The lowest BCUT2D eigenvalue weighted by atomic mass is 9.82. The molecule has 4 unspecified atom stereocenters. The lowest BCUT2D eigenvalue weighted by Gasteiger charge is -2.46. The number of esters is 2. The van der Waals surface area contributed by atoms with E-state index in [9.17, 15) is 19.8 Å². The molecular formula is C52H68N2O13+2. The summed E-state index contributed by atoms with van der Waals surface area (Å²) in [4.78, 5) is 25.7. The summed E-state index contributed by atoms with van der Waals surface area (Å²) in [6.45, 7) is 2.75. The van der Waals surface area contributed by atoms with Crippen molar-refractivity contribution in [3.8, 4) is 40.2 Å². The first-order chi connectivity index (χ1) is 32.3. The van der Waals surface area contributed by atoms with E-state index in [1.165, 1.54) is 11.1 Å². The third-order valence-electron chi connectivity index (χ3n) is 13.6. The van der Waals surface area contributed by atoms with Gasteiger partial charge in [0, 0.05) is 60.9 Å². The van der Waals surface area contributed by atoms with Crippen LogP contribution in [-0.4, -0.2) is 134 Å². The van der Waals surface area contributed by atoms with Crippen molar-refractivity contribution in [1.29, 1.82) is 0 Å². The molecule has 2 N–H and O–H groups in total. The fourth-order valence-corrected chi connectivity index (χ4v) is 10.1. The standard InChI is InChI=1S/C52H68N2O13/c1-53(22-18-35-29-46(63-7)47(64-8)31-39(35)41(53)26-34-12-14-42(59-3)44(27-34)61-5)20-10-24-66-48(57)16-17-49(58)67-25-11-21-54(2)23-19-36-28-38(32-55)40(33-56)52(65-9)50(36)51(54)37-13-15-43(60-4)45(30-37)62-6/h12-17,27-31,41,51,55-56H,10-11,18-26,32-33H2,1-9H3/q+2/b17-16+. The van der Waals surface area contributed by atoms with Crippen LogP contribution >= 0.6 is 0 Å². The van der Waals surface area contributed by atoms with Gasteiger partial charge < -0.3 is 61.8 Å². The highest BCUT2D eigenvalue weighted by Gasteiger charge is 2.44. The summed E-state index contributed by atoms with van der Waals surface area (Å²) >= 11 is 0. The van der Waals surface area contributed by atoms with Crippen molar-refractivity contribution < 1.29 is 71.4 Å². The van der Waals surface area contributed by atoms with E-state index in [0.717, 1.165) is 66.9 Å². The number of hydrogen-bond acceptors (Lipinski definition) is 13. The van der Waals surface area contributed by atoms with Gasteiger partial charge in [-0.2, -0.15) is 0 Å². The van der Waals surface area contributed by atoms with E-state index in [0.29, 0.717) is 86.1 Å². The molecule has 2 heterocycles. The Morgan fingerprint density at radius 3 is 1.73 bits per heavy atom. The predicted molar refractivity (Wildman–Crippen MR) is 251 cm³/mol. The first kappa shape index (κ1) is 50.4. The molecule has 0 radical (unpaired) electrons. The minimum Gasteiger partial charge on any atom is -0.496 e. The maximum atomic E-state index is 12.9. The molecule has 4 aromatic carbocycles. The molecule has 15 nitrogen and oxygen atoms in total. The molecule has 0 spiro atoms. The summed E-state index contributed by atoms with van der Waals surface area (Å²) in [5, 5.41) is 20.6. The number of aliphatic hydroxyl groups excluding tert-OH is 2. The van der Waals surface area contributed by atoms with E-state index in [4.69, 9.17) is 42.6 Å². The molecule has 0 aromatic heterocycles. The van der Waals surface area contributed by atoms with Gasteiger partial charge in [-0.1, -0.05) is 12.1 Å². The van der Waals surface area contributed by atoms with Gasteiger partial charge in [0.2, 0.25) is 0 Å². The Labute approximate surface area is 394 Å². The number of nitrogens with zero attached hydrogens (tertiary/aromatic N) is 2. The highest BCUT2D eigenvalue weighted by atomic mass is 16.5. The van der Waals surface area contributed by atoms with Crippen molar-refractivity contribution in [2.75, 3.05) is 103 Å². The van der Waals surface area contributed by atoms with Gasteiger partial charge in [-0.05, 0) is 64.7 Å². The third-order valence-corrected chi connectivity index (χ3v) is 13.6. The van der Waals surface area contributed by atoms with Crippen molar-refractivity contribution in [3.63, 3.8) is 0 Å². The molecule has 0 saturated carbocycles. The molecule has 0 bridgehead atoms. The maximum Gasteiger partial charge on any atom is 0.331 e. The smallest absolute Gasteiger partial charge is 0.331 e. The largest absolute Gasteiger partial charge is 0.496 e. The summed E-state index contributed by atoms with van der Waals surface area (Å²) < 4.78 is 52.1. The van der Waals surface area contributed by atoms with Crippen molar-refractivity contribution in [3.05, 3.63) is 111 Å². The van der Waals surface area contributed by atoms with Crippen LogP contribution in [0, 0.1) is 0 Å². The minimum absolute atomic E-state index is 0.0567. The lowest BCUT2D eigenvalue weighted by Crippen LogP contribution is -2.52. The fourth-order valence-electron chi connectivity index (χ4n) is 10.1. The Kier molecular flexibility index (Phi) is 17.1. The van der Waals surface area contributed by atoms with Gasteiger partial charge in [-0.25, -0.2) is 9.59 Å². The predicted octanol–water partition coefficient (Wildman–Crippen LogP) is 6.23. The molecule has 0 aliphatic carbocycles. The molecule has 2 aliphatic rings. The number of carbonyl (C=O) groups excluding carboxylic acids is 2. The van der Waals surface area contributed by atoms with E-state index < -0.39 is 11.9 Å². The fraction of sp³-hybridized carbons (Fsp3) is 0.462. The molecule has 0 amide bonds. The van der Waals surface area contributed by atoms with E-state index in [2.05, 4.69) is 32.3 Å². The van der Waals surface area contributed by atoms with Crippen LogP contribution in [0.1, 0.15) is 69.4 Å². The van der Waals surface area contributed by atoms with E-state index >= 15 is 0 Å². The van der Waals surface area contributed by atoms with Crippen LogP contribution < -0.4 is 33.2 Å². The molecule has 4 aromatic rings. The Hall–Kier alpha value is -6.00. The number of aliphatic hydroxyl groups is 2. The van der Waals surface area contributed by atoms with E-state index in [-0.39, 0.29) is 38.5 Å². The van der Waals surface area contributed by atoms with Crippen LogP contribution in [0.15, 0.2) is 66.7 Å². The van der Waals surface area contributed by atoms with Gasteiger partial charge in [0.25, 0.3) is 0 Å². The molecular weight excluding hydrogens is 861 g/mol. The van der Waals surface area contributed by atoms with Crippen LogP contribution in [0.3, 0.4) is 0 Å². The van der Waals surface area contributed by atoms with Gasteiger partial charge in [0.15, 0.2) is 34.5 Å². The molecule has 67 heavy (non-hydrogen) atoms. The van der Waals surface area contributed by atoms with E-state index in [1.54, 1.807) is 49.8 Å². The Morgan fingerprint density at radius 1 is 0.612 bits per heavy atom. The van der Waals surface area contributed by atoms with Gasteiger partial charge in [0.05, 0.1) is 122 Å². The average Bonchev–Trinajstić information content (AvgIpc) is 3.35. The number of hydrogen-bond donors (Lipinski definition) is 2. The SMILES string of the molecule is COc1ccc(CC2c3cc(OC)c(OC)cc3CC[N+]2(C)CCCOC(=O)/C=C/C(=O)OCCC[N+]2(C)CCc3cc(CO)c(CO)c(OC)c3C2c2ccc(OC)c(OC)c2)cc1OC. The average molecular weight is 929 g/mol. The van der Waals surface area contributed by atoms with E-state index in [1.807, 2.05) is 36.4 Å². The first-order valence-corrected chi connectivity index (χ1v) is 22.6. The van der Waals surface area contributed by atoms with Crippen LogP contribution in [-0.2, 0) is 51.5 Å². The van der Waals surface area contributed by atoms with Crippen molar-refractivity contribution in [1.82, 2.24) is 0 Å². The molecule has 0 saturated heterocycles. The van der Waals surface area contributed by atoms with Gasteiger partial charge in [0.1, 0.15) is 17.8 Å². The zero-order valence-corrected chi connectivity index (χ0v) is 40.5. The maximum absolute atomic E-state index is 12.9. The monoisotopic (exact) mass is 928 g/mol. The van der Waals surface area contributed by atoms with Gasteiger partial charge in [-0.15, -0.1) is 0 Å². The van der Waals surface area contributed by atoms with Crippen LogP contribution in [0.5, 0.6) is 40.2 Å². The minimum atomic E-state index is -0.638. The molecule has 6 rings (SSSR count). The zero-order valence-electron chi connectivity index (χ0n) is 40.5. The van der Waals surface area contributed by atoms with Gasteiger partial charge in [-0.3, -0.25) is 0 Å². The number of ether oxygens (including phenoxy) is 9. The third kappa shape index (κ3) is 11.1. The second kappa shape index (κ2) is 22.7. The molecule has 4 atom stereocenters. The summed E-state index contributed by atoms with van der Waals surface area (Å²) in [6.07, 6.45) is 5.62. The van der Waals surface area contributed by atoms with Crippen molar-refractivity contribution >= 4 is 11.9 Å². The topological polar surface area (TPSA) is 158 Å². The number of benzene rings is 4. The highest BCUT2D eigenvalue weighted by molar-refractivity contribution is 5.91. The molecule has 0 fully saturated rings. The van der Waals surface area contributed by atoms with Gasteiger partial charge >= 0.3 is 11.9 Å². The van der Waals surface area contributed by atoms with Crippen LogP contribution in [0.2, 0.25) is 0 Å². The second-order valence-electron chi connectivity index (χ2n) is 17.5. The summed E-state index contributed by atoms with van der Waals surface area (Å²) in [6, 6.07) is 17.8. The summed E-state index contributed by atoms with van der Waals surface area (Å²) in [5.41, 5.74) is 7.58. The molecule has 2 aliphatic heterocycles. The summed E-state index contributed by atoms with van der Waals surface area (Å²) in [7, 11) is 15.7. The zero-order chi connectivity index (χ0) is 48.3. The van der Waals surface area contributed by atoms with Crippen LogP contribution in [0.4, 0.5) is 0 Å². The van der Waals surface area contributed by atoms with Crippen molar-refractivity contribution in [2.24, 2.45) is 0 Å². The highest BCUT2D eigenvalue weighted by Crippen LogP contribution is 2.48. The number of fused-ring (bicyclic) bond motifs is 2. The molecule has 15 heteroatoms. The Balaban J connectivity index is 1.07. The second-order valence-corrected chi connectivity index (χ2v) is 17.5. The normalized spacial score (nSPS) is 19.7. The lowest BCUT2D eigenvalue weighted by molar-refractivity contribution is -0.941. The number of rotatable bonds is 22. The number of likely N-dealkylation sites (N-methyl/N-ethyl adjacent to an activating group) is 2. The molecule has 362 valence electrons. The number of quaternary nitrogens is 2. The number of carbonyl (C=O) groups is 2. The Morgan fingerprint density at radius 2 is 1.15 bits per heavy atom. The van der Waals surface area contributed by atoms with Crippen LogP contribution in [0.25, 0.3) is 0 Å². The Bertz CT molecular complexity index is 2400.